The number of halogens is 1. The molecule has 1 amide bonds. The van der Waals surface area contributed by atoms with Crippen LogP contribution < -0.4 is 10.0 Å². The first-order valence-corrected chi connectivity index (χ1v) is 8.30. The number of hydrogen-bond acceptors (Lipinski definition) is 5. The van der Waals surface area contributed by atoms with Gasteiger partial charge in [0, 0.05) is 6.54 Å². The van der Waals surface area contributed by atoms with Gasteiger partial charge in [0.1, 0.15) is 0 Å². The number of hydrogen-bond donors (Lipinski definition) is 2. The van der Waals surface area contributed by atoms with Gasteiger partial charge in [0.15, 0.2) is 6.10 Å². The van der Waals surface area contributed by atoms with Crippen molar-refractivity contribution >= 4 is 33.5 Å². The minimum atomic E-state index is -3.72. The van der Waals surface area contributed by atoms with Gasteiger partial charge in [-0.3, -0.25) is 4.79 Å². The Balaban J connectivity index is 3.03. The average molecular weight is 349 g/mol. The molecule has 0 aromatic heterocycles. The van der Waals surface area contributed by atoms with Crippen LogP contribution in [0.15, 0.2) is 23.1 Å². The summed E-state index contributed by atoms with van der Waals surface area (Å²) >= 11 is 5.89. The average Bonchev–Trinajstić information content (AvgIpc) is 2.47. The fourth-order valence-electron chi connectivity index (χ4n) is 1.54. The van der Waals surface area contributed by atoms with Gasteiger partial charge in [0.2, 0.25) is 10.0 Å². The van der Waals surface area contributed by atoms with E-state index in [2.05, 4.69) is 10.0 Å². The zero-order valence-electron chi connectivity index (χ0n) is 12.3. The Morgan fingerprint density at radius 3 is 2.55 bits per heavy atom. The number of likely N-dealkylation sites (N-methyl/N-ethyl adjacent to an activating group) is 1. The van der Waals surface area contributed by atoms with Gasteiger partial charge in [0.25, 0.3) is 5.91 Å². The summed E-state index contributed by atoms with van der Waals surface area (Å²) in [6, 6.07) is 3.64. The second kappa shape index (κ2) is 7.57. The number of carbonyl (C=O) groups excluding carboxylic acids is 2. The van der Waals surface area contributed by atoms with Gasteiger partial charge < -0.3 is 10.1 Å². The predicted octanol–water partition coefficient (Wildman–Crippen LogP) is 0.930. The highest BCUT2D eigenvalue weighted by atomic mass is 35.5. The second-order valence-corrected chi connectivity index (χ2v) is 6.59. The molecule has 0 aliphatic carbocycles. The minimum absolute atomic E-state index is 0.0307. The van der Waals surface area contributed by atoms with Gasteiger partial charge in [0.05, 0.1) is 15.5 Å². The first-order chi connectivity index (χ1) is 10.2. The molecule has 1 aromatic rings. The van der Waals surface area contributed by atoms with Crippen LogP contribution in [0.2, 0.25) is 5.02 Å². The summed E-state index contributed by atoms with van der Waals surface area (Å²) in [7, 11) is -2.47. The van der Waals surface area contributed by atoms with E-state index in [-0.39, 0.29) is 15.5 Å². The fraction of sp³-hybridized carbons (Fsp3) is 0.385. The lowest BCUT2D eigenvalue weighted by atomic mass is 10.2. The van der Waals surface area contributed by atoms with Crippen molar-refractivity contribution in [2.45, 2.75) is 24.8 Å². The zero-order valence-corrected chi connectivity index (χ0v) is 13.9. The third-order valence-corrected chi connectivity index (χ3v) is 4.48. The lowest BCUT2D eigenvalue weighted by Crippen LogP contribution is -2.35. The number of sulfonamides is 1. The smallest absolute Gasteiger partial charge is 0.340 e. The van der Waals surface area contributed by atoms with Crippen LogP contribution in [0.25, 0.3) is 0 Å². The molecule has 0 unspecified atom stereocenters. The molecule has 1 aromatic carbocycles. The van der Waals surface area contributed by atoms with Crippen LogP contribution in [-0.2, 0) is 19.6 Å². The Morgan fingerprint density at radius 1 is 1.36 bits per heavy atom. The monoisotopic (exact) mass is 348 g/mol. The third-order valence-electron chi connectivity index (χ3n) is 2.74. The van der Waals surface area contributed by atoms with Crippen LogP contribution in [0, 0.1) is 0 Å². The van der Waals surface area contributed by atoms with Crippen molar-refractivity contribution < 1.29 is 22.7 Å². The molecule has 0 fully saturated rings. The van der Waals surface area contributed by atoms with Crippen LogP contribution in [-0.4, -0.2) is 40.0 Å². The minimum Gasteiger partial charge on any atom is -0.449 e. The van der Waals surface area contributed by atoms with E-state index in [4.69, 9.17) is 16.3 Å². The van der Waals surface area contributed by atoms with E-state index in [1.807, 2.05) is 0 Å². The highest BCUT2D eigenvalue weighted by Gasteiger charge is 2.22. The molecule has 0 bridgehead atoms. The molecular formula is C13H17ClN2O5S. The molecule has 0 spiro atoms. The lowest BCUT2D eigenvalue weighted by molar-refractivity contribution is -0.128. The number of esters is 1. The highest BCUT2D eigenvalue weighted by molar-refractivity contribution is 7.89. The van der Waals surface area contributed by atoms with E-state index in [0.717, 1.165) is 6.07 Å². The van der Waals surface area contributed by atoms with Gasteiger partial charge in [-0.15, -0.1) is 0 Å². The van der Waals surface area contributed by atoms with E-state index in [9.17, 15) is 18.0 Å². The predicted molar refractivity (Wildman–Crippen MR) is 81.3 cm³/mol. The number of carbonyl (C=O) groups is 2. The maximum absolute atomic E-state index is 12.1. The number of benzene rings is 1. The van der Waals surface area contributed by atoms with Crippen molar-refractivity contribution in [1.29, 1.82) is 0 Å². The maximum Gasteiger partial charge on any atom is 0.340 e. The Kier molecular flexibility index (Phi) is 6.34. The van der Waals surface area contributed by atoms with E-state index in [0.29, 0.717) is 6.54 Å². The summed E-state index contributed by atoms with van der Waals surface area (Å²) in [5.41, 5.74) is -0.130. The molecule has 1 atom stereocenters. The van der Waals surface area contributed by atoms with Gasteiger partial charge in [-0.2, -0.15) is 0 Å². The Labute approximate surface area is 134 Å². The number of ether oxygens (including phenoxy) is 1. The largest absolute Gasteiger partial charge is 0.449 e. The standard InChI is InChI=1S/C13H17ClN2O5S/c1-4-16-12(17)8(2)21-13(18)10-7-9(5-6-11(10)14)22(19,20)15-3/h5-8,15H,4H2,1-3H3,(H,16,17)/t8-/m0/s1. The van der Waals surface area contributed by atoms with E-state index in [1.165, 1.54) is 26.1 Å². The van der Waals surface area contributed by atoms with Crippen LogP contribution in [0.1, 0.15) is 24.2 Å². The van der Waals surface area contributed by atoms with Crippen molar-refractivity contribution in [3.63, 3.8) is 0 Å². The Morgan fingerprint density at radius 2 is 2.00 bits per heavy atom. The van der Waals surface area contributed by atoms with Gasteiger partial charge in [-0.25, -0.2) is 17.9 Å². The molecule has 22 heavy (non-hydrogen) atoms. The summed E-state index contributed by atoms with van der Waals surface area (Å²) < 4.78 is 30.6. The van der Waals surface area contributed by atoms with Crippen LogP contribution >= 0.6 is 11.6 Å². The molecule has 0 heterocycles. The highest BCUT2D eigenvalue weighted by Crippen LogP contribution is 2.21. The lowest BCUT2D eigenvalue weighted by Gasteiger charge is -2.13. The topological polar surface area (TPSA) is 102 Å². The summed E-state index contributed by atoms with van der Waals surface area (Å²) in [4.78, 5) is 23.5. The first-order valence-electron chi connectivity index (χ1n) is 6.44. The third kappa shape index (κ3) is 4.43. The number of nitrogens with one attached hydrogen (secondary N) is 2. The van der Waals surface area contributed by atoms with E-state index in [1.54, 1.807) is 6.92 Å². The van der Waals surface area contributed by atoms with Gasteiger partial charge in [-0.1, -0.05) is 11.6 Å². The van der Waals surface area contributed by atoms with Crippen molar-refractivity contribution in [3.8, 4) is 0 Å². The summed E-state index contributed by atoms with van der Waals surface area (Å²) in [6.07, 6.45) is -1.02. The van der Waals surface area contributed by atoms with Crippen LogP contribution in [0.5, 0.6) is 0 Å². The zero-order chi connectivity index (χ0) is 16.9. The number of amides is 1. The molecule has 122 valence electrons. The SMILES string of the molecule is CCNC(=O)[C@H](C)OC(=O)c1cc(S(=O)(=O)NC)ccc1Cl. The molecular weight excluding hydrogens is 332 g/mol. The normalized spacial score (nSPS) is 12.5. The fourth-order valence-corrected chi connectivity index (χ4v) is 2.49. The van der Waals surface area contributed by atoms with E-state index >= 15 is 0 Å². The first kappa shape index (κ1) is 18.4. The van der Waals surface area contributed by atoms with Crippen molar-refractivity contribution in [2.75, 3.05) is 13.6 Å². The molecule has 0 aliphatic heterocycles. The molecule has 1 rings (SSSR count). The molecule has 0 saturated heterocycles. The summed E-state index contributed by atoms with van der Waals surface area (Å²) in [6.45, 7) is 3.54. The second-order valence-electron chi connectivity index (χ2n) is 4.29. The van der Waals surface area contributed by atoms with Crippen molar-refractivity contribution in [3.05, 3.63) is 28.8 Å². The molecule has 2 N–H and O–H groups in total. The molecule has 9 heteroatoms. The van der Waals surface area contributed by atoms with E-state index < -0.39 is 28.0 Å². The molecule has 0 aliphatic rings. The van der Waals surface area contributed by atoms with Crippen molar-refractivity contribution in [2.24, 2.45) is 0 Å². The summed E-state index contributed by atoms with van der Waals surface area (Å²) in [5, 5.41) is 2.54. The maximum atomic E-state index is 12.1. The molecule has 0 saturated carbocycles. The van der Waals surface area contributed by atoms with Crippen LogP contribution in [0.4, 0.5) is 0 Å². The number of rotatable bonds is 6. The van der Waals surface area contributed by atoms with Crippen molar-refractivity contribution in [1.82, 2.24) is 10.0 Å². The molecule has 7 nitrogen and oxygen atoms in total. The quantitative estimate of drug-likeness (QED) is 0.745. The summed E-state index contributed by atoms with van der Waals surface area (Å²) in [5.74, 6) is -1.33. The van der Waals surface area contributed by atoms with Gasteiger partial charge in [-0.05, 0) is 39.1 Å². The molecule has 0 radical (unpaired) electrons. The van der Waals surface area contributed by atoms with Crippen LogP contribution in [0.3, 0.4) is 0 Å². The Bertz CT molecular complexity index is 675. The van der Waals surface area contributed by atoms with Gasteiger partial charge >= 0.3 is 5.97 Å². The Hall–Kier alpha value is -1.64.